The van der Waals surface area contributed by atoms with Crippen LogP contribution < -0.4 is 5.73 Å². The molecule has 2 rings (SSSR count). The zero-order valence-corrected chi connectivity index (χ0v) is 9.91. The van der Waals surface area contributed by atoms with Crippen LogP contribution >= 0.6 is 11.6 Å². The fourth-order valence-corrected chi connectivity index (χ4v) is 2.09. The van der Waals surface area contributed by atoms with E-state index in [9.17, 15) is 9.18 Å². The lowest BCUT2D eigenvalue weighted by molar-refractivity contribution is 0.0401. The van der Waals surface area contributed by atoms with E-state index in [1.807, 2.05) is 0 Å². The summed E-state index contributed by atoms with van der Waals surface area (Å²) in [7, 11) is 0. The van der Waals surface area contributed by atoms with Crippen molar-refractivity contribution < 1.29 is 13.9 Å². The number of Topliss-reactive ketones (excluding diaryl/α,β-unsaturated/α-hetero) is 1. The molecule has 92 valence electrons. The number of halogens is 2. The normalized spacial score (nSPS) is 23.9. The highest BCUT2D eigenvalue weighted by Gasteiger charge is 2.31. The molecule has 0 amide bonds. The highest BCUT2D eigenvalue weighted by atomic mass is 35.5. The predicted molar refractivity (Wildman–Crippen MR) is 62.7 cm³/mol. The Balaban J connectivity index is 2.15. The van der Waals surface area contributed by atoms with Gasteiger partial charge in [0, 0.05) is 11.6 Å². The molecule has 2 N–H and O–H groups in total. The van der Waals surface area contributed by atoms with E-state index in [1.54, 1.807) is 0 Å². The Morgan fingerprint density at radius 3 is 2.88 bits per heavy atom. The minimum absolute atomic E-state index is 0.0251. The van der Waals surface area contributed by atoms with Gasteiger partial charge >= 0.3 is 0 Å². The molecule has 1 aliphatic rings. The van der Waals surface area contributed by atoms with E-state index in [2.05, 4.69) is 0 Å². The molecular weight excluding hydrogens is 245 g/mol. The van der Waals surface area contributed by atoms with Gasteiger partial charge in [-0.3, -0.25) is 4.79 Å². The van der Waals surface area contributed by atoms with E-state index in [0.717, 1.165) is 12.5 Å². The number of nitrogens with two attached hydrogens (primary N) is 1. The SMILES string of the molecule is NCC1CCC(C(=O)c2ccc(Cl)cc2F)O1. The summed E-state index contributed by atoms with van der Waals surface area (Å²) in [6, 6.07) is 4.01. The van der Waals surface area contributed by atoms with Crippen molar-refractivity contribution in [2.75, 3.05) is 6.54 Å². The first-order valence-electron chi connectivity index (χ1n) is 5.46. The molecular formula is C12H13ClFNO2. The summed E-state index contributed by atoms with van der Waals surface area (Å²) in [5, 5.41) is 0.270. The molecule has 3 nitrogen and oxygen atoms in total. The summed E-state index contributed by atoms with van der Waals surface area (Å²) in [4.78, 5) is 12.0. The standard InChI is InChI=1S/C12H13ClFNO2/c13-7-1-3-9(10(14)5-7)12(16)11-4-2-8(6-15)17-11/h1,3,5,8,11H,2,4,6,15H2. The summed E-state index contributed by atoms with van der Waals surface area (Å²) in [5.74, 6) is -0.947. The maximum atomic E-state index is 13.5. The Morgan fingerprint density at radius 2 is 2.29 bits per heavy atom. The average Bonchev–Trinajstić information content (AvgIpc) is 2.76. The van der Waals surface area contributed by atoms with E-state index in [0.29, 0.717) is 13.0 Å². The molecule has 2 unspecified atom stereocenters. The molecule has 0 aromatic heterocycles. The van der Waals surface area contributed by atoms with Gasteiger partial charge in [0.25, 0.3) is 0 Å². The van der Waals surface area contributed by atoms with Crippen molar-refractivity contribution in [1.82, 2.24) is 0 Å². The van der Waals surface area contributed by atoms with Gasteiger partial charge in [0.05, 0.1) is 11.7 Å². The summed E-state index contributed by atoms with van der Waals surface area (Å²) < 4.78 is 19.0. The highest BCUT2D eigenvalue weighted by Crippen LogP contribution is 2.24. The second-order valence-electron chi connectivity index (χ2n) is 4.05. The van der Waals surface area contributed by atoms with Gasteiger partial charge in [0.15, 0.2) is 5.78 Å². The second kappa shape index (κ2) is 5.12. The summed E-state index contributed by atoms with van der Waals surface area (Å²) in [6.45, 7) is 0.382. The number of carbonyl (C=O) groups excluding carboxylic acids is 1. The van der Waals surface area contributed by atoms with Crippen LogP contribution in [-0.2, 0) is 4.74 Å². The second-order valence-corrected chi connectivity index (χ2v) is 4.48. The third-order valence-corrected chi connectivity index (χ3v) is 3.09. The van der Waals surface area contributed by atoms with Crippen LogP contribution in [0.25, 0.3) is 0 Å². The van der Waals surface area contributed by atoms with Crippen LogP contribution in [-0.4, -0.2) is 24.5 Å². The van der Waals surface area contributed by atoms with Gasteiger partial charge in [-0.15, -0.1) is 0 Å². The molecule has 1 aromatic rings. The minimum Gasteiger partial charge on any atom is -0.366 e. The molecule has 1 saturated heterocycles. The van der Waals surface area contributed by atoms with E-state index in [4.69, 9.17) is 22.1 Å². The summed E-state index contributed by atoms with van der Waals surface area (Å²) in [5.41, 5.74) is 5.48. The first-order valence-corrected chi connectivity index (χ1v) is 5.84. The fourth-order valence-electron chi connectivity index (χ4n) is 1.93. The van der Waals surface area contributed by atoms with E-state index < -0.39 is 11.9 Å². The van der Waals surface area contributed by atoms with Gasteiger partial charge in [0.2, 0.25) is 0 Å². The van der Waals surface area contributed by atoms with Crippen LogP contribution in [0.1, 0.15) is 23.2 Å². The quantitative estimate of drug-likeness (QED) is 0.845. The van der Waals surface area contributed by atoms with Crippen molar-refractivity contribution in [1.29, 1.82) is 0 Å². The van der Waals surface area contributed by atoms with Gasteiger partial charge in [-0.1, -0.05) is 11.6 Å². The third-order valence-electron chi connectivity index (χ3n) is 2.86. The van der Waals surface area contributed by atoms with E-state index >= 15 is 0 Å². The van der Waals surface area contributed by atoms with Gasteiger partial charge in [-0.05, 0) is 31.0 Å². The first-order chi connectivity index (χ1) is 8.11. The third kappa shape index (κ3) is 2.65. The van der Waals surface area contributed by atoms with Crippen LogP contribution in [0.2, 0.25) is 5.02 Å². The number of benzene rings is 1. The molecule has 0 saturated carbocycles. The van der Waals surface area contributed by atoms with Crippen LogP contribution in [0.3, 0.4) is 0 Å². The van der Waals surface area contributed by atoms with E-state index in [1.165, 1.54) is 12.1 Å². The van der Waals surface area contributed by atoms with Crippen LogP contribution in [0.5, 0.6) is 0 Å². The Labute approximate surface area is 104 Å². The monoisotopic (exact) mass is 257 g/mol. The molecule has 0 bridgehead atoms. The van der Waals surface area contributed by atoms with E-state index in [-0.39, 0.29) is 22.5 Å². The fraction of sp³-hybridized carbons (Fsp3) is 0.417. The number of hydrogen-bond donors (Lipinski definition) is 1. The maximum Gasteiger partial charge on any atom is 0.194 e. The molecule has 0 radical (unpaired) electrons. The number of ketones is 1. The zero-order chi connectivity index (χ0) is 12.4. The molecule has 2 atom stereocenters. The van der Waals surface area contributed by atoms with Gasteiger partial charge in [-0.25, -0.2) is 4.39 Å². The molecule has 0 spiro atoms. The Kier molecular flexibility index (Phi) is 3.76. The minimum atomic E-state index is -0.609. The van der Waals surface area contributed by atoms with Crippen LogP contribution in [0.4, 0.5) is 4.39 Å². The lowest BCUT2D eigenvalue weighted by Gasteiger charge is -2.11. The maximum absolute atomic E-state index is 13.5. The van der Waals surface area contributed by atoms with Crippen molar-refractivity contribution in [3.8, 4) is 0 Å². The smallest absolute Gasteiger partial charge is 0.194 e. The predicted octanol–water partition coefficient (Wildman–Crippen LogP) is 2.17. The molecule has 17 heavy (non-hydrogen) atoms. The van der Waals surface area contributed by atoms with Crippen molar-refractivity contribution in [2.45, 2.75) is 25.0 Å². The van der Waals surface area contributed by atoms with Crippen molar-refractivity contribution >= 4 is 17.4 Å². The van der Waals surface area contributed by atoms with Gasteiger partial charge < -0.3 is 10.5 Å². The lowest BCUT2D eigenvalue weighted by atomic mass is 10.0. The highest BCUT2D eigenvalue weighted by molar-refractivity contribution is 6.30. The largest absolute Gasteiger partial charge is 0.366 e. The Bertz CT molecular complexity index is 439. The molecule has 5 heteroatoms. The van der Waals surface area contributed by atoms with Gasteiger partial charge in [0.1, 0.15) is 11.9 Å². The average molecular weight is 258 g/mol. The Hall–Kier alpha value is -0.970. The number of carbonyl (C=O) groups is 1. The molecule has 1 aromatic carbocycles. The van der Waals surface area contributed by atoms with Crippen LogP contribution in [0, 0.1) is 5.82 Å². The Morgan fingerprint density at radius 1 is 1.53 bits per heavy atom. The topological polar surface area (TPSA) is 52.3 Å². The molecule has 1 aliphatic heterocycles. The molecule has 1 heterocycles. The molecule has 0 aliphatic carbocycles. The van der Waals surface area contributed by atoms with Crippen molar-refractivity contribution in [2.24, 2.45) is 5.73 Å². The number of rotatable bonds is 3. The number of ether oxygens (including phenoxy) is 1. The van der Waals surface area contributed by atoms with Crippen molar-refractivity contribution in [3.05, 3.63) is 34.6 Å². The summed E-state index contributed by atoms with van der Waals surface area (Å²) in [6.07, 6.45) is 0.642. The zero-order valence-electron chi connectivity index (χ0n) is 9.16. The first kappa shape index (κ1) is 12.5. The lowest BCUT2D eigenvalue weighted by Crippen LogP contribution is -2.25. The van der Waals surface area contributed by atoms with Crippen LogP contribution in [0.15, 0.2) is 18.2 Å². The summed E-state index contributed by atoms with van der Waals surface area (Å²) >= 11 is 5.63. The molecule has 1 fully saturated rings. The van der Waals surface area contributed by atoms with Crippen molar-refractivity contribution in [3.63, 3.8) is 0 Å². The number of hydrogen-bond acceptors (Lipinski definition) is 3. The van der Waals surface area contributed by atoms with Gasteiger partial charge in [-0.2, -0.15) is 0 Å².